The van der Waals surface area contributed by atoms with Gasteiger partial charge in [-0.3, -0.25) is 0 Å². The van der Waals surface area contributed by atoms with Crippen LogP contribution in [0.2, 0.25) is 10.0 Å². The molecule has 0 radical (unpaired) electrons. The predicted octanol–water partition coefficient (Wildman–Crippen LogP) is 4.55. The zero-order chi connectivity index (χ0) is 13.4. The van der Waals surface area contributed by atoms with Crippen molar-refractivity contribution in [3.8, 4) is 17.1 Å². The highest BCUT2D eigenvalue weighted by Gasteiger charge is 2.10. The van der Waals surface area contributed by atoms with Gasteiger partial charge in [-0.05, 0) is 30.3 Å². The van der Waals surface area contributed by atoms with E-state index in [2.05, 4.69) is 9.97 Å². The number of hydrogen-bond donors (Lipinski definition) is 1. The van der Waals surface area contributed by atoms with Crippen molar-refractivity contribution in [1.29, 1.82) is 0 Å². The summed E-state index contributed by atoms with van der Waals surface area (Å²) in [6.45, 7) is 0. The highest BCUT2D eigenvalue weighted by molar-refractivity contribution is 6.35. The summed E-state index contributed by atoms with van der Waals surface area (Å²) in [6, 6.07) is 11.0. The van der Waals surface area contributed by atoms with Gasteiger partial charge in [0.1, 0.15) is 11.6 Å². The number of H-pyrrole nitrogens is 1. The van der Waals surface area contributed by atoms with Crippen LogP contribution in [0.1, 0.15) is 0 Å². The molecule has 0 saturated carbocycles. The Labute approximate surface area is 120 Å². The summed E-state index contributed by atoms with van der Waals surface area (Å²) < 4.78 is 5.19. The Kier molecular flexibility index (Phi) is 3.09. The van der Waals surface area contributed by atoms with Gasteiger partial charge in [0.25, 0.3) is 0 Å². The minimum absolute atomic E-state index is 0.607. The molecule has 1 heterocycles. The summed E-state index contributed by atoms with van der Waals surface area (Å²) in [4.78, 5) is 7.73. The molecule has 0 aliphatic carbocycles. The zero-order valence-corrected chi connectivity index (χ0v) is 11.6. The second-order valence-corrected chi connectivity index (χ2v) is 4.94. The van der Waals surface area contributed by atoms with Crippen LogP contribution < -0.4 is 4.74 Å². The molecule has 0 bridgehead atoms. The van der Waals surface area contributed by atoms with Gasteiger partial charge in [-0.25, -0.2) is 4.98 Å². The second kappa shape index (κ2) is 4.76. The standard InChI is InChI=1S/C14H10Cl2N2O/c1-19-9-3-5-12-13(7-9)18-14(17-12)10-6-8(15)2-4-11(10)16/h2-7H,1H3,(H,17,18). The number of rotatable bonds is 2. The maximum atomic E-state index is 6.17. The highest BCUT2D eigenvalue weighted by atomic mass is 35.5. The molecule has 1 aromatic heterocycles. The van der Waals surface area contributed by atoms with E-state index in [1.165, 1.54) is 0 Å². The van der Waals surface area contributed by atoms with Crippen LogP contribution in [0.3, 0.4) is 0 Å². The van der Waals surface area contributed by atoms with Crippen molar-refractivity contribution < 1.29 is 4.74 Å². The summed E-state index contributed by atoms with van der Waals surface area (Å²) in [6.07, 6.45) is 0. The summed E-state index contributed by atoms with van der Waals surface area (Å²) in [5, 5.41) is 1.23. The second-order valence-electron chi connectivity index (χ2n) is 4.09. The van der Waals surface area contributed by atoms with Crippen molar-refractivity contribution in [2.75, 3.05) is 7.11 Å². The third-order valence-corrected chi connectivity index (χ3v) is 3.44. The monoisotopic (exact) mass is 292 g/mol. The zero-order valence-electron chi connectivity index (χ0n) is 10.1. The first-order chi connectivity index (χ1) is 9.17. The molecule has 3 aromatic rings. The molecule has 0 aliphatic heterocycles. The van der Waals surface area contributed by atoms with Gasteiger partial charge in [0.15, 0.2) is 0 Å². The first kappa shape index (κ1) is 12.3. The minimum Gasteiger partial charge on any atom is -0.497 e. The fourth-order valence-corrected chi connectivity index (χ4v) is 2.30. The lowest BCUT2D eigenvalue weighted by atomic mass is 10.2. The maximum Gasteiger partial charge on any atom is 0.140 e. The van der Waals surface area contributed by atoms with Crippen molar-refractivity contribution in [2.24, 2.45) is 0 Å². The van der Waals surface area contributed by atoms with Crippen molar-refractivity contribution in [1.82, 2.24) is 9.97 Å². The quantitative estimate of drug-likeness (QED) is 0.753. The molecule has 1 N–H and O–H groups in total. The molecule has 96 valence electrons. The number of hydrogen-bond acceptors (Lipinski definition) is 2. The van der Waals surface area contributed by atoms with Crippen LogP contribution in [0.5, 0.6) is 5.75 Å². The normalized spacial score (nSPS) is 10.9. The van der Waals surface area contributed by atoms with E-state index in [0.717, 1.165) is 22.3 Å². The molecule has 0 spiro atoms. The first-order valence-electron chi connectivity index (χ1n) is 5.66. The molecule has 0 amide bonds. The first-order valence-corrected chi connectivity index (χ1v) is 6.42. The fourth-order valence-electron chi connectivity index (χ4n) is 1.92. The average molecular weight is 293 g/mol. The molecule has 19 heavy (non-hydrogen) atoms. The smallest absolute Gasteiger partial charge is 0.140 e. The molecule has 2 aromatic carbocycles. The van der Waals surface area contributed by atoms with Gasteiger partial charge in [-0.15, -0.1) is 0 Å². The van der Waals surface area contributed by atoms with E-state index < -0.39 is 0 Å². The SMILES string of the molecule is COc1ccc2nc(-c3cc(Cl)ccc3Cl)[nH]c2c1. The largest absolute Gasteiger partial charge is 0.497 e. The van der Waals surface area contributed by atoms with Gasteiger partial charge in [0, 0.05) is 16.7 Å². The molecule has 0 fully saturated rings. The Hall–Kier alpha value is -1.71. The summed E-state index contributed by atoms with van der Waals surface area (Å²) in [7, 11) is 1.63. The van der Waals surface area contributed by atoms with Gasteiger partial charge in [-0.2, -0.15) is 0 Å². The number of methoxy groups -OCH3 is 1. The van der Waals surface area contributed by atoms with Crippen LogP contribution in [-0.2, 0) is 0 Å². The maximum absolute atomic E-state index is 6.17. The van der Waals surface area contributed by atoms with E-state index in [9.17, 15) is 0 Å². The molecular formula is C14H10Cl2N2O. The van der Waals surface area contributed by atoms with Crippen LogP contribution in [0.15, 0.2) is 36.4 Å². The number of ether oxygens (including phenoxy) is 1. The lowest BCUT2D eigenvalue weighted by Gasteiger charge is -2.00. The minimum atomic E-state index is 0.607. The average Bonchev–Trinajstić information content (AvgIpc) is 2.83. The molecule has 3 rings (SSSR count). The van der Waals surface area contributed by atoms with Crippen LogP contribution in [0.4, 0.5) is 0 Å². The van der Waals surface area contributed by atoms with E-state index in [4.69, 9.17) is 27.9 Å². The molecular weight excluding hydrogens is 283 g/mol. The lowest BCUT2D eigenvalue weighted by molar-refractivity contribution is 0.415. The topological polar surface area (TPSA) is 37.9 Å². The van der Waals surface area contributed by atoms with E-state index in [1.54, 1.807) is 25.3 Å². The number of halogens is 2. The van der Waals surface area contributed by atoms with Crippen molar-refractivity contribution in [3.05, 3.63) is 46.4 Å². The Morgan fingerprint density at radius 2 is 1.95 bits per heavy atom. The van der Waals surface area contributed by atoms with Gasteiger partial charge in [0.2, 0.25) is 0 Å². The molecule has 0 aliphatic rings. The summed E-state index contributed by atoms with van der Waals surface area (Å²) in [5.41, 5.74) is 2.53. The third kappa shape index (κ3) is 2.27. The van der Waals surface area contributed by atoms with Crippen molar-refractivity contribution >= 4 is 34.2 Å². The molecule has 0 atom stereocenters. The summed E-state index contributed by atoms with van der Waals surface area (Å²) in [5.74, 6) is 1.47. The summed E-state index contributed by atoms with van der Waals surface area (Å²) >= 11 is 12.2. The number of imidazole rings is 1. The molecule has 3 nitrogen and oxygen atoms in total. The lowest BCUT2D eigenvalue weighted by Crippen LogP contribution is -1.82. The Balaban J connectivity index is 2.17. The number of fused-ring (bicyclic) bond motifs is 1. The number of nitrogens with zero attached hydrogens (tertiary/aromatic N) is 1. The Morgan fingerprint density at radius 3 is 2.74 bits per heavy atom. The van der Waals surface area contributed by atoms with Crippen LogP contribution in [-0.4, -0.2) is 17.1 Å². The van der Waals surface area contributed by atoms with Crippen LogP contribution in [0.25, 0.3) is 22.4 Å². The number of nitrogens with one attached hydrogen (secondary N) is 1. The Morgan fingerprint density at radius 1 is 1.11 bits per heavy atom. The fraction of sp³-hybridized carbons (Fsp3) is 0.0714. The van der Waals surface area contributed by atoms with E-state index in [1.807, 2.05) is 18.2 Å². The number of benzene rings is 2. The molecule has 0 unspecified atom stereocenters. The van der Waals surface area contributed by atoms with Gasteiger partial charge < -0.3 is 9.72 Å². The highest BCUT2D eigenvalue weighted by Crippen LogP contribution is 2.30. The van der Waals surface area contributed by atoms with Gasteiger partial charge in [-0.1, -0.05) is 23.2 Å². The van der Waals surface area contributed by atoms with Crippen molar-refractivity contribution in [2.45, 2.75) is 0 Å². The molecule has 5 heteroatoms. The van der Waals surface area contributed by atoms with E-state index in [-0.39, 0.29) is 0 Å². The number of aromatic amines is 1. The Bertz CT molecular complexity index is 752. The van der Waals surface area contributed by atoms with Crippen LogP contribution >= 0.6 is 23.2 Å². The van der Waals surface area contributed by atoms with Crippen LogP contribution in [0, 0.1) is 0 Å². The van der Waals surface area contributed by atoms with Crippen molar-refractivity contribution in [3.63, 3.8) is 0 Å². The molecule has 0 saturated heterocycles. The van der Waals surface area contributed by atoms with E-state index in [0.29, 0.717) is 15.9 Å². The van der Waals surface area contributed by atoms with E-state index >= 15 is 0 Å². The predicted molar refractivity (Wildman–Crippen MR) is 78.1 cm³/mol. The third-order valence-electron chi connectivity index (χ3n) is 2.87. The van der Waals surface area contributed by atoms with Gasteiger partial charge >= 0.3 is 0 Å². The van der Waals surface area contributed by atoms with Gasteiger partial charge in [0.05, 0.1) is 23.2 Å². The number of aromatic nitrogens is 2.